The molecule has 1 rings (SSSR count). The average molecular weight is 242 g/mol. The first kappa shape index (κ1) is 14.5. The summed E-state index contributed by atoms with van der Waals surface area (Å²) >= 11 is 0. The second-order valence-electron chi connectivity index (χ2n) is 4.93. The summed E-state index contributed by atoms with van der Waals surface area (Å²) in [5, 5.41) is 0. The highest BCUT2D eigenvalue weighted by Crippen LogP contribution is 2.25. The Balaban J connectivity index is 2.59. The van der Waals surface area contributed by atoms with Gasteiger partial charge in [0.05, 0.1) is 12.0 Å². The molecular formula is C13H26N2O2. The number of nitrogens with two attached hydrogens (primary N) is 1. The van der Waals surface area contributed by atoms with E-state index in [9.17, 15) is 4.79 Å². The minimum absolute atomic E-state index is 0.0601. The highest BCUT2D eigenvalue weighted by Gasteiger charge is 2.35. The Labute approximate surface area is 104 Å². The molecule has 0 aromatic rings. The molecule has 0 spiro atoms. The molecule has 3 unspecified atom stereocenters. The summed E-state index contributed by atoms with van der Waals surface area (Å²) in [6.45, 7) is 9.06. The predicted molar refractivity (Wildman–Crippen MR) is 68.6 cm³/mol. The molecule has 1 fully saturated rings. The summed E-state index contributed by atoms with van der Waals surface area (Å²) < 4.78 is 5.59. The third-order valence-electron chi connectivity index (χ3n) is 3.56. The molecule has 1 aliphatic heterocycles. The van der Waals surface area contributed by atoms with Crippen molar-refractivity contribution < 1.29 is 9.53 Å². The molecule has 1 amide bonds. The minimum Gasteiger partial charge on any atom is -0.377 e. The average Bonchev–Trinajstić information content (AvgIpc) is 2.82. The molecule has 1 saturated heterocycles. The van der Waals surface area contributed by atoms with Gasteiger partial charge in [0.25, 0.3) is 0 Å². The summed E-state index contributed by atoms with van der Waals surface area (Å²) in [5.41, 5.74) is 5.62. The van der Waals surface area contributed by atoms with Gasteiger partial charge in [0.15, 0.2) is 0 Å². The number of carbonyl (C=O) groups excluding carboxylic acids is 1. The van der Waals surface area contributed by atoms with Gasteiger partial charge in [-0.15, -0.1) is 0 Å². The highest BCUT2D eigenvalue weighted by molar-refractivity contribution is 5.79. The van der Waals surface area contributed by atoms with Crippen LogP contribution in [0, 0.1) is 11.8 Å². The lowest BCUT2D eigenvalue weighted by atomic mass is 9.97. The molecule has 0 aromatic carbocycles. The van der Waals surface area contributed by atoms with Gasteiger partial charge in [0, 0.05) is 19.7 Å². The van der Waals surface area contributed by atoms with Gasteiger partial charge in [-0.05, 0) is 32.2 Å². The van der Waals surface area contributed by atoms with Crippen molar-refractivity contribution in [2.75, 3.05) is 26.2 Å². The summed E-state index contributed by atoms with van der Waals surface area (Å²) in [6.07, 6.45) is 1.90. The molecule has 0 radical (unpaired) electrons. The number of hydrogen-bond acceptors (Lipinski definition) is 3. The van der Waals surface area contributed by atoms with E-state index in [1.165, 1.54) is 0 Å². The van der Waals surface area contributed by atoms with Crippen molar-refractivity contribution >= 4 is 5.91 Å². The van der Waals surface area contributed by atoms with E-state index in [4.69, 9.17) is 10.5 Å². The van der Waals surface area contributed by atoms with E-state index in [0.717, 1.165) is 32.5 Å². The summed E-state index contributed by atoms with van der Waals surface area (Å²) in [6, 6.07) is 0. The Morgan fingerprint density at radius 2 is 2.24 bits per heavy atom. The fraction of sp³-hybridized carbons (Fsp3) is 0.923. The SMILES string of the molecule is CCC1OCCC1C(=O)N(CC)CC(C)CN. The number of carbonyl (C=O) groups is 1. The van der Waals surface area contributed by atoms with E-state index in [2.05, 4.69) is 13.8 Å². The van der Waals surface area contributed by atoms with E-state index >= 15 is 0 Å². The Kier molecular flexibility index (Phi) is 5.92. The molecule has 0 bridgehead atoms. The Bertz CT molecular complexity index is 246. The van der Waals surface area contributed by atoms with Crippen molar-refractivity contribution in [3.8, 4) is 0 Å². The van der Waals surface area contributed by atoms with Crippen molar-refractivity contribution in [1.82, 2.24) is 4.90 Å². The number of amides is 1. The van der Waals surface area contributed by atoms with Gasteiger partial charge in [-0.3, -0.25) is 4.79 Å². The number of rotatable bonds is 6. The molecule has 4 heteroatoms. The quantitative estimate of drug-likeness (QED) is 0.762. The van der Waals surface area contributed by atoms with Gasteiger partial charge < -0.3 is 15.4 Å². The molecule has 1 heterocycles. The maximum absolute atomic E-state index is 12.4. The molecule has 0 saturated carbocycles. The maximum Gasteiger partial charge on any atom is 0.228 e. The number of ether oxygens (including phenoxy) is 1. The number of hydrogen-bond donors (Lipinski definition) is 1. The summed E-state index contributed by atoms with van der Waals surface area (Å²) in [4.78, 5) is 14.3. The molecule has 0 aromatic heterocycles. The minimum atomic E-state index is 0.0601. The first-order valence-electron chi connectivity index (χ1n) is 6.74. The lowest BCUT2D eigenvalue weighted by Crippen LogP contribution is -2.42. The molecule has 0 aliphatic carbocycles. The van der Waals surface area contributed by atoms with Crippen LogP contribution in [-0.2, 0) is 9.53 Å². The van der Waals surface area contributed by atoms with Gasteiger partial charge in [-0.1, -0.05) is 13.8 Å². The zero-order chi connectivity index (χ0) is 12.8. The second-order valence-corrected chi connectivity index (χ2v) is 4.93. The molecule has 1 aliphatic rings. The van der Waals surface area contributed by atoms with Crippen molar-refractivity contribution in [2.45, 2.75) is 39.7 Å². The fourth-order valence-corrected chi connectivity index (χ4v) is 2.39. The smallest absolute Gasteiger partial charge is 0.228 e. The van der Waals surface area contributed by atoms with Crippen LogP contribution in [0.5, 0.6) is 0 Å². The largest absolute Gasteiger partial charge is 0.377 e. The maximum atomic E-state index is 12.4. The lowest BCUT2D eigenvalue weighted by Gasteiger charge is -2.28. The lowest BCUT2D eigenvalue weighted by molar-refractivity contribution is -0.137. The second kappa shape index (κ2) is 6.97. The first-order valence-corrected chi connectivity index (χ1v) is 6.74. The van der Waals surface area contributed by atoms with Crippen LogP contribution >= 0.6 is 0 Å². The van der Waals surface area contributed by atoms with Gasteiger partial charge >= 0.3 is 0 Å². The fourth-order valence-electron chi connectivity index (χ4n) is 2.39. The van der Waals surface area contributed by atoms with Crippen molar-refractivity contribution in [1.29, 1.82) is 0 Å². The van der Waals surface area contributed by atoms with Gasteiger partial charge in [-0.2, -0.15) is 0 Å². The first-order chi connectivity index (χ1) is 8.13. The van der Waals surface area contributed by atoms with E-state index in [0.29, 0.717) is 12.5 Å². The molecular weight excluding hydrogens is 216 g/mol. The molecule has 17 heavy (non-hydrogen) atoms. The summed E-state index contributed by atoms with van der Waals surface area (Å²) in [7, 11) is 0. The Hall–Kier alpha value is -0.610. The van der Waals surface area contributed by atoms with Crippen LogP contribution in [0.15, 0.2) is 0 Å². The zero-order valence-electron chi connectivity index (χ0n) is 11.3. The van der Waals surface area contributed by atoms with E-state index in [-0.39, 0.29) is 17.9 Å². The van der Waals surface area contributed by atoms with E-state index in [1.807, 2.05) is 11.8 Å². The van der Waals surface area contributed by atoms with E-state index < -0.39 is 0 Å². The van der Waals surface area contributed by atoms with Gasteiger partial charge in [0.1, 0.15) is 0 Å². The molecule has 2 N–H and O–H groups in total. The van der Waals surface area contributed by atoms with E-state index in [1.54, 1.807) is 0 Å². The normalized spacial score (nSPS) is 25.9. The van der Waals surface area contributed by atoms with Gasteiger partial charge in [0.2, 0.25) is 5.91 Å². The predicted octanol–water partition coefficient (Wildman–Crippen LogP) is 1.24. The summed E-state index contributed by atoms with van der Waals surface area (Å²) in [5.74, 6) is 0.670. The topological polar surface area (TPSA) is 55.6 Å². The van der Waals surface area contributed by atoms with Crippen LogP contribution in [0.1, 0.15) is 33.6 Å². The van der Waals surface area contributed by atoms with Crippen molar-refractivity contribution in [3.63, 3.8) is 0 Å². The van der Waals surface area contributed by atoms with Crippen molar-refractivity contribution in [3.05, 3.63) is 0 Å². The molecule has 100 valence electrons. The Morgan fingerprint density at radius 1 is 1.53 bits per heavy atom. The van der Waals surface area contributed by atoms with Crippen LogP contribution in [0.25, 0.3) is 0 Å². The zero-order valence-corrected chi connectivity index (χ0v) is 11.3. The third kappa shape index (κ3) is 3.68. The molecule has 3 atom stereocenters. The van der Waals surface area contributed by atoms with Crippen LogP contribution in [-0.4, -0.2) is 43.2 Å². The van der Waals surface area contributed by atoms with Gasteiger partial charge in [-0.25, -0.2) is 0 Å². The Morgan fingerprint density at radius 3 is 2.76 bits per heavy atom. The molecule has 4 nitrogen and oxygen atoms in total. The monoisotopic (exact) mass is 242 g/mol. The van der Waals surface area contributed by atoms with Crippen molar-refractivity contribution in [2.24, 2.45) is 17.6 Å². The van der Waals surface area contributed by atoms with Crippen LogP contribution in [0.4, 0.5) is 0 Å². The highest BCUT2D eigenvalue weighted by atomic mass is 16.5. The third-order valence-corrected chi connectivity index (χ3v) is 3.56. The van der Waals surface area contributed by atoms with Crippen LogP contribution in [0.3, 0.4) is 0 Å². The number of nitrogens with zero attached hydrogens (tertiary/aromatic N) is 1. The van der Waals surface area contributed by atoms with Crippen LogP contribution in [0.2, 0.25) is 0 Å². The van der Waals surface area contributed by atoms with Crippen LogP contribution < -0.4 is 5.73 Å². The standard InChI is InChI=1S/C13H26N2O2/c1-4-12-11(6-7-17-12)13(16)15(5-2)9-10(3)8-14/h10-12H,4-9,14H2,1-3H3.